The summed E-state index contributed by atoms with van der Waals surface area (Å²) in [7, 11) is 1.61. The van der Waals surface area contributed by atoms with Gasteiger partial charge in [0.2, 0.25) is 0 Å². The summed E-state index contributed by atoms with van der Waals surface area (Å²) >= 11 is 0. The highest BCUT2D eigenvalue weighted by molar-refractivity contribution is 5.75. The first-order valence-electron chi connectivity index (χ1n) is 5.51. The first-order valence-corrected chi connectivity index (χ1v) is 5.51. The van der Waals surface area contributed by atoms with E-state index < -0.39 is 12.0 Å². The van der Waals surface area contributed by atoms with Crippen LogP contribution < -0.4 is 15.6 Å². The molecule has 0 amide bonds. The molecule has 1 aromatic rings. The zero-order valence-electron chi connectivity index (χ0n) is 9.81. The molecule has 92 valence electrons. The Kier molecular flexibility index (Phi) is 3.31. The third-order valence-corrected chi connectivity index (χ3v) is 3.13. The van der Waals surface area contributed by atoms with E-state index in [2.05, 4.69) is 10.9 Å². The van der Waals surface area contributed by atoms with Crippen molar-refractivity contribution in [2.75, 3.05) is 7.11 Å². The molecule has 0 aromatic heterocycles. The summed E-state index contributed by atoms with van der Waals surface area (Å²) in [5.41, 5.74) is 6.76. The van der Waals surface area contributed by atoms with E-state index in [0.29, 0.717) is 0 Å². The maximum Gasteiger partial charge on any atom is 0.322 e. The number of carbonyl (C=O) groups is 1. The van der Waals surface area contributed by atoms with Gasteiger partial charge in [-0.05, 0) is 24.6 Å². The van der Waals surface area contributed by atoms with Crippen molar-refractivity contribution >= 4 is 5.97 Å². The molecule has 3 unspecified atom stereocenters. The Hall–Kier alpha value is -1.59. The lowest BCUT2D eigenvalue weighted by molar-refractivity contribution is -0.139. The van der Waals surface area contributed by atoms with Crippen LogP contribution in [0.15, 0.2) is 24.3 Å². The van der Waals surface area contributed by atoms with Crippen molar-refractivity contribution in [1.82, 2.24) is 10.9 Å². The average molecular weight is 236 g/mol. The number of ether oxygens (including phenoxy) is 1. The molecule has 5 heteroatoms. The number of benzene rings is 1. The average Bonchev–Trinajstić information content (AvgIpc) is 2.71. The van der Waals surface area contributed by atoms with Crippen molar-refractivity contribution < 1.29 is 14.6 Å². The van der Waals surface area contributed by atoms with Crippen molar-refractivity contribution in [1.29, 1.82) is 0 Å². The van der Waals surface area contributed by atoms with E-state index >= 15 is 0 Å². The molecule has 1 aliphatic rings. The van der Waals surface area contributed by atoms with Crippen LogP contribution in [0.5, 0.6) is 5.75 Å². The normalized spacial score (nSPS) is 28.0. The molecule has 1 aliphatic heterocycles. The summed E-state index contributed by atoms with van der Waals surface area (Å²) in [6.45, 7) is 1.96. The summed E-state index contributed by atoms with van der Waals surface area (Å²) < 4.78 is 5.09. The number of hydrogen-bond acceptors (Lipinski definition) is 4. The second-order valence-electron chi connectivity index (χ2n) is 4.19. The molecule has 0 bridgehead atoms. The van der Waals surface area contributed by atoms with E-state index in [1.807, 2.05) is 31.2 Å². The van der Waals surface area contributed by atoms with E-state index in [4.69, 9.17) is 9.84 Å². The van der Waals surface area contributed by atoms with Crippen LogP contribution in [-0.4, -0.2) is 30.3 Å². The van der Waals surface area contributed by atoms with Gasteiger partial charge in [-0.2, -0.15) is 0 Å². The molecule has 0 radical (unpaired) electrons. The molecule has 0 saturated carbocycles. The van der Waals surface area contributed by atoms with Gasteiger partial charge in [0.25, 0.3) is 0 Å². The molecular formula is C12H16N2O3. The highest BCUT2D eigenvalue weighted by atomic mass is 16.5. The van der Waals surface area contributed by atoms with Gasteiger partial charge in [0.15, 0.2) is 0 Å². The number of carboxylic acids is 1. The van der Waals surface area contributed by atoms with Gasteiger partial charge in [0, 0.05) is 12.0 Å². The molecule has 1 aromatic carbocycles. The molecule has 1 saturated heterocycles. The minimum absolute atomic E-state index is 0.0736. The lowest BCUT2D eigenvalue weighted by Crippen LogP contribution is -2.38. The predicted molar refractivity (Wildman–Crippen MR) is 62.9 cm³/mol. The minimum Gasteiger partial charge on any atom is -0.497 e. The standard InChI is InChI=1S/C12H16N2O3/c1-7-10(11(12(15)16)14-13-7)8-3-5-9(17-2)6-4-8/h3-7,10-11,13-14H,1-2H3,(H,15,16). The molecule has 0 aliphatic carbocycles. The first kappa shape index (κ1) is 11.9. The van der Waals surface area contributed by atoms with Crippen molar-refractivity contribution in [3.63, 3.8) is 0 Å². The van der Waals surface area contributed by atoms with Gasteiger partial charge in [0.1, 0.15) is 11.8 Å². The third-order valence-electron chi connectivity index (χ3n) is 3.13. The maximum absolute atomic E-state index is 11.1. The number of hydrogen-bond donors (Lipinski definition) is 3. The fourth-order valence-electron chi connectivity index (χ4n) is 2.21. The van der Waals surface area contributed by atoms with Gasteiger partial charge in [0.05, 0.1) is 7.11 Å². The van der Waals surface area contributed by atoms with Crippen molar-refractivity contribution in [2.24, 2.45) is 0 Å². The molecule has 0 spiro atoms. The van der Waals surface area contributed by atoms with Crippen LogP contribution in [0.1, 0.15) is 18.4 Å². The minimum atomic E-state index is -0.845. The zero-order valence-corrected chi connectivity index (χ0v) is 9.81. The second kappa shape index (κ2) is 4.73. The lowest BCUT2D eigenvalue weighted by Gasteiger charge is -2.18. The first-order chi connectivity index (χ1) is 8.13. The quantitative estimate of drug-likeness (QED) is 0.721. The van der Waals surface area contributed by atoms with E-state index in [0.717, 1.165) is 11.3 Å². The zero-order chi connectivity index (χ0) is 12.4. The molecule has 3 N–H and O–H groups in total. The maximum atomic E-state index is 11.1. The molecular weight excluding hydrogens is 220 g/mol. The number of carboxylic acid groups (broad SMARTS) is 1. The van der Waals surface area contributed by atoms with Crippen molar-refractivity contribution in [2.45, 2.75) is 24.9 Å². The second-order valence-corrected chi connectivity index (χ2v) is 4.19. The smallest absolute Gasteiger partial charge is 0.322 e. The largest absolute Gasteiger partial charge is 0.497 e. The van der Waals surface area contributed by atoms with Crippen LogP contribution in [-0.2, 0) is 4.79 Å². The van der Waals surface area contributed by atoms with Crippen LogP contribution in [0, 0.1) is 0 Å². The number of hydrazine groups is 1. The topological polar surface area (TPSA) is 70.6 Å². The SMILES string of the molecule is COc1ccc(C2C(C)NNC2C(=O)O)cc1. The van der Waals surface area contributed by atoms with Gasteiger partial charge < -0.3 is 9.84 Å². The van der Waals surface area contributed by atoms with Gasteiger partial charge >= 0.3 is 5.97 Å². The van der Waals surface area contributed by atoms with Crippen LogP contribution in [0.2, 0.25) is 0 Å². The number of nitrogens with one attached hydrogen (secondary N) is 2. The summed E-state index contributed by atoms with van der Waals surface area (Å²) in [4.78, 5) is 11.1. The van der Waals surface area contributed by atoms with Crippen LogP contribution >= 0.6 is 0 Å². The van der Waals surface area contributed by atoms with E-state index in [9.17, 15) is 4.79 Å². The Labute approximate surface area is 99.8 Å². The molecule has 1 fully saturated rings. The third kappa shape index (κ3) is 2.25. The molecule has 5 nitrogen and oxygen atoms in total. The Morgan fingerprint density at radius 2 is 1.94 bits per heavy atom. The van der Waals surface area contributed by atoms with Gasteiger partial charge in [-0.3, -0.25) is 10.2 Å². The van der Waals surface area contributed by atoms with E-state index in [-0.39, 0.29) is 12.0 Å². The van der Waals surface area contributed by atoms with Crippen molar-refractivity contribution in [3.8, 4) is 5.75 Å². The highest BCUT2D eigenvalue weighted by Gasteiger charge is 2.38. The number of aliphatic carboxylic acids is 1. The van der Waals surface area contributed by atoms with Crippen LogP contribution in [0.4, 0.5) is 0 Å². The summed E-state index contributed by atoms with van der Waals surface area (Å²) in [5.74, 6) is -0.159. The monoisotopic (exact) mass is 236 g/mol. The Morgan fingerprint density at radius 3 is 2.47 bits per heavy atom. The molecule has 2 rings (SSSR count). The number of rotatable bonds is 3. The number of methoxy groups -OCH3 is 1. The fraction of sp³-hybridized carbons (Fsp3) is 0.417. The lowest BCUT2D eigenvalue weighted by atomic mass is 9.88. The highest BCUT2D eigenvalue weighted by Crippen LogP contribution is 2.28. The fourth-order valence-corrected chi connectivity index (χ4v) is 2.21. The molecule has 1 heterocycles. The van der Waals surface area contributed by atoms with E-state index in [1.165, 1.54) is 0 Å². The summed E-state index contributed by atoms with van der Waals surface area (Å²) in [5, 5.41) is 9.14. The van der Waals surface area contributed by atoms with Gasteiger partial charge in [-0.1, -0.05) is 12.1 Å². The molecule has 17 heavy (non-hydrogen) atoms. The van der Waals surface area contributed by atoms with Crippen molar-refractivity contribution in [3.05, 3.63) is 29.8 Å². The Morgan fingerprint density at radius 1 is 1.29 bits per heavy atom. The Balaban J connectivity index is 2.26. The van der Waals surface area contributed by atoms with Gasteiger partial charge in [-0.25, -0.2) is 5.43 Å². The summed E-state index contributed by atoms with van der Waals surface area (Å²) in [6.07, 6.45) is 0. The summed E-state index contributed by atoms with van der Waals surface area (Å²) in [6, 6.07) is 6.98. The van der Waals surface area contributed by atoms with Crippen LogP contribution in [0.25, 0.3) is 0 Å². The van der Waals surface area contributed by atoms with Gasteiger partial charge in [-0.15, -0.1) is 0 Å². The van der Waals surface area contributed by atoms with E-state index in [1.54, 1.807) is 7.11 Å². The molecule has 3 atom stereocenters. The Bertz CT molecular complexity index is 405. The predicted octanol–water partition coefficient (Wildman–Crippen LogP) is 0.728. The van der Waals surface area contributed by atoms with Crippen LogP contribution in [0.3, 0.4) is 0 Å².